The van der Waals surface area contributed by atoms with Crippen LogP contribution in [0.5, 0.6) is 0 Å². The summed E-state index contributed by atoms with van der Waals surface area (Å²) in [4.78, 5) is 21.2. The molecule has 0 amide bonds. The van der Waals surface area contributed by atoms with Crippen molar-refractivity contribution in [3.8, 4) is 0 Å². The summed E-state index contributed by atoms with van der Waals surface area (Å²) in [6.07, 6.45) is 0. The van der Waals surface area contributed by atoms with Crippen LogP contribution >= 0.6 is 0 Å². The highest BCUT2D eigenvalue weighted by molar-refractivity contribution is 5.66. The fourth-order valence-electron chi connectivity index (χ4n) is 1.80. The van der Waals surface area contributed by atoms with Crippen LogP contribution in [0.4, 0.5) is 5.95 Å². The highest BCUT2D eigenvalue weighted by atomic mass is 16.1. The molecule has 0 aliphatic rings. The Balaban J connectivity index is 2.89. The van der Waals surface area contributed by atoms with E-state index in [1.54, 1.807) is 0 Å². The normalized spacial score (nSPS) is 11.5. The number of anilines is 1. The molecule has 0 saturated carbocycles. The minimum atomic E-state index is -0.281. The van der Waals surface area contributed by atoms with Crippen molar-refractivity contribution in [1.82, 2.24) is 15.0 Å². The third-order valence-electron chi connectivity index (χ3n) is 2.42. The number of imidazole rings is 1. The predicted octanol–water partition coefficient (Wildman–Crippen LogP) is -0.839. The maximum atomic E-state index is 11.6. The topological polar surface area (TPSA) is 117 Å². The molecule has 0 radical (unpaired) electrons. The molecule has 0 atom stereocenters. The number of rotatable bonds is 2. The number of nitrogens with two attached hydrogens (primary N) is 2. The van der Waals surface area contributed by atoms with E-state index in [-0.39, 0.29) is 17.5 Å². The van der Waals surface area contributed by atoms with Gasteiger partial charge in [0.15, 0.2) is 0 Å². The fourth-order valence-corrected chi connectivity index (χ4v) is 1.80. The lowest BCUT2D eigenvalue weighted by Crippen LogP contribution is -2.41. The van der Waals surface area contributed by atoms with Crippen molar-refractivity contribution in [2.75, 3.05) is 5.73 Å². The van der Waals surface area contributed by atoms with Crippen molar-refractivity contribution >= 4 is 17.1 Å². The van der Waals surface area contributed by atoms with Gasteiger partial charge in [0.05, 0.1) is 12.6 Å². The second-order valence-electron chi connectivity index (χ2n) is 3.89. The minimum absolute atomic E-state index is 0.106. The molecule has 0 aliphatic carbocycles. The first-order valence-corrected chi connectivity index (χ1v) is 5.06. The third-order valence-corrected chi connectivity index (χ3v) is 2.42. The number of nitrogens with one attached hydrogen (secondary N) is 2. The number of fused-ring (bicyclic) bond motifs is 1. The maximum Gasteiger partial charge on any atom is 0.311 e. The van der Waals surface area contributed by atoms with Crippen molar-refractivity contribution in [1.29, 1.82) is 0 Å². The summed E-state index contributed by atoms with van der Waals surface area (Å²) < 4.78 is 1.88. The first-order valence-electron chi connectivity index (χ1n) is 5.06. The second kappa shape index (κ2) is 3.60. The van der Waals surface area contributed by atoms with Gasteiger partial charge in [0.25, 0.3) is 11.5 Å². The fraction of sp³-hybridized carbons (Fsp3) is 0.444. The molecule has 0 fully saturated rings. The van der Waals surface area contributed by atoms with E-state index in [9.17, 15) is 4.79 Å². The summed E-state index contributed by atoms with van der Waals surface area (Å²) >= 11 is 0. The molecule has 0 bridgehead atoms. The van der Waals surface area contributed by atoms with Crippen molar-refractivity contribution in [2.45, 2.75) is 26.4 Å². The Morgan fingerprint density at radius 1 is 1.44 bits per heavy atom. The van der Waals surface area contributed by atoms with Gasteiger partial charge in [0.2, 0.25) is 11.3 Å². The van der Waals surface area contributed by atoms with Crippen molar-refractivity contribution in [3.63, 3.8) is 0 Å². The van der Waals surface area contributed by atoms with E-state index in [0.717, 1.165) is 5.82 Å². The van der Waals surface area contributed by atoms with Gasteiger partial charge in [-0.15, -0.1) is 0 Å². The molecular weight excluding hydrogens is 208 g/mol. The van der Waals surface area contributed by atoms with E-state index in [0.29, 0.717) is 17.7 Å². The van der Waals surface area contributed by atoms with Gasteiger partial charge in [-0.1, -0.05) is 4.98 Å². The highest BCUT2D eigenvalue weighted by Gasteiger charge is 2.23. The molecule has 2 rings (SSSR count). The van der Waals surface area contributed by atoms with Crippen LogP contribution in [0.3, 0.4) is 0 Å². The molecule has 0 spiro atoms. The summed E-state index contributed by atoms with van der Waals surface area (Å²) in [5.41, 5.74) is 11.8. The Bertz CT molecular complexity index is 581. The standard InChI is InChI=1S/C9H14N6O/c1-4(2)15-5(3-10)12-6-7(15)13-9(11)14-8(6)16/h4H,3,10H2,1-2H3,(H3,11,13,14,16)/p+1. The quantitative estimate of drug-likeness (QED) is 0.496. The summed E-state index contributed by atoms with van der Waals surface area (Å²) in [6.45, 7) is 4.30. The van der Waals surface area contributed by atoms with E-state index in [4.69, 9.17) is 11.5 Å². The summed E-state index contributed by atoms with van der Waals surface area (Å²) in [7, 11) is 0. The maximum absolute atomic E-state index is 11.6. The van der Waals surface area contributed by atoms with Gasteiger partial charge in [0.1, 0.15) is 0 Å². The lowest BCUT2D eigenvalue weighted by atomic mass is 10.3. The SMILES string of the molecule is CC(C)[n+]1c(CN)[nH]c2c(=O)[nH]c(N)nc21. The van der Waals surface area contributed by atoms with Crippen LogP contribution in [-0.2, 0) is 6.54 Å². The van der Waals surface area contributed by atoms with Crippen LogP contribution in [0.1, 0.15) is 25.7 Å². The molecule has 0 saturated heterocycles. The Labute approximate surface area is 91.5 Å². The largest absolute Gasteiger partial charge is 0.355 e. The zero-order valence-corrected chi connectivity index (χ0v) is 9.24. The van der Waals surface area contributed by atoms with Crippen molar-refractivity contribution < 1.29 is 4.57 Å². The van der Waals surface area contributed by atoms with E-state index in [2.05, 4.69) is 15.0 Å². The molecule has 7 nitrogen and oxygen atoms in total. The first-order chi connectivity index (χ1) is 7.54. The lowest BCUT2D eigenvalue weighted by molar-refractivity contribution is -0.700. The lowest BCUT2D eigenvalue weighted by Gasteiger charge is -2.04. The average Bonchev–Trinajstić information content (AvgIpc) is 2.56. The van der Waals surface area contributed by atoms with Crippen LogP contribution < -0.4 is 21.6 Å². The Morgan fingerprint density at radius 3 is 2.69 bits per heavy atom. The van der Waals surface area contributed by atoms with Gasteiger partial charge >= 0.3 is 5.65 Å². The van der Waals surface area contributed by atoms with Crippen molar-refractivity contribution in [3.05, 3.63) is 16.2 Å². The van der Waals surface area contributed by atoms with E-state index >= 15 is 0 Å². The first kappa shape index (κ1) is 10.6. The smallest absolute Gasteiger partial charge is 0.311 e. The molecule has 0 aromatic carbocycles. The van der Waals surface area contributed by atoms with Gasteiger partial charge in [-0.3, -0.25) is 14.8 Å². The van der Waals surface area contributed by atoms with Gasteiger partial charge in [-0.2, -0.15) is 0 Å². The number of aromatic nitrogens is 4. The average molecular weight is 223 g/mol. The Morgan fingerprint density at radius 2 is 2.12 bits per heavy atom. The monoisotopic (exact) mass is 223 g/mol. The Kier molecular flexibility index (Phi) is 2.39. The summed E-state index contributed by atoms with van der Waals surface area (Å²) in [6, 6.07) is 0.154. The van der Waals surface area contributed by atoms with Gasteiger partial charge < -0.3 is 11.5 Å². The highest BCUT2D eigenvalue weighted by Crippen LogP contribution is 2.06. The van der Waals surface area contributed by atoms with Crippen molar-refractivity contribution in [2.24, 2.45) is 5.73 Å². The third kappa shape index (κ3) is 1.45. The Hall–Kier alpha value is -1.89. The molecule has 6 N–H and O–H groups in total. The molecule has 0 unspecified atom stereocenters. The number of aromatic amines is 2. The number of H-pyrrole nitrogens is 2. The second-order valence-corrected chi connectivity index (χ2v) is 3.89. The molecule has 7 heteroatoms. The van der Waals surface area contributed by atoms with Gasteiger partial charge in [-0.25, -0.2) is 4.57 Å². The summed E-state index contributed by atoms with van der Waals surface area (Å²) in [5.74, 6) is 0.864. The summed E-state index contributed by atoms with van der Waals surface area (Å²) in [5, 5.41) is 0. The van der Waals surface area contributed by atoms with E-state index in [1.165, 1.54) is 0 Å². The van der Waals surface area contributed by atoms with Gasteiger partial charge in [0, 0.05) is 0 Å². The van der Waals surface area contributed by atoms with Crippen LogP contribution in [-0.4, -0.2) is 15.0 Å². The zero-order valence-electron chi connectivity index (χ0n) is 9.24. The molecule has 2 aromatic heterocycles. The van der Waals surface area contributed by atoms with Crippen LogP contribution in [0.15, 0.2) is 4.79 Å². The number of hydrogen-bond acceptors (Lipinski definition) is 4. The van der Waals surface area contributed by atoms with E-state index in [1.807, 2.05) is 18.4 Å². The van der Waals surface area contributed by atoms with Crippen LogP contribution in [0, 0.1) is 0 Å². The van der Waals surface area contributed by atoms with Crippen LogP contribution in [0.2, 0.25) is 0 Å². The number of hydrogen-bond donors (Lipinski definition) is 4. The molecule has 2 heterocycles. The molecule has 0 aliphatic heterocycles. The molecule has 86 valence electrons. The zero-order chi connectivity index (χ0) is 11.9. The molecular formula is C9H15N6O+. The van der Waals surface area contributed by atoms with Crippen LogP contribution in [0.25, 0.3) is 11.2 Å². The molecule has 16 heavy (non-hydrogen) atoms. The van der Waals surface area contributed by atoms with E-state index < -0.39 is 0 Å². The van der Waals surface area contributed by atoms with Gasteiger partial charge in [-0.05, 0) is 13.8 Å². The molecule has 2 aromatic rings. The minimum Gasteiger partial charge on any atom is -0.355 e. The number of nitrogens with zero attached hydrogens (tertiary/aromatic N) is 2. The number of nitrogen functional groups attached to an aromatic ring is 1. The predicted molar refractivity (Wildman–Crippen MR) is 59.6 cm³/mol.